The van der Waals surface area contributed by atoms with E-state index in [1.807, 2.05) is 45.0 Å². The van der Waals surface area contributed by atoms with Crippen molar-refractivity contribution in [2.45, 2.75) is 39.9 Å². The molecule has 1 amide bonds. The molecule has 1 atom stereocenters. The SMILES string of the molecule is Cc1cc(O[C@H](C)C(=O)Nc2nonc2-c2ccc(OC(C)C)cc2)ccc1Cl. The van der Waals surface area contributed by atoms with E-state index in [0.717, 1.165) is 16.9 Å². The number of nitrogens with one attached hydrogen (secondary N) is 1. The van der Waals surface area contributed by atoms with Crippen LogP contribution < -0.4 is 14.8 Å². The van der Waals surface area contributed by atoms with Crippen LogP contribution >= 0.6 is 11.6 Å². The van der Waals surface area contributed by atoms with Crippen LogP contribution in [-0.4, -0.2) is 28.4 Å². The van der Waals surface area contributed by atoms with Gasteiger partial charge in [0.05, 0.1) is 6.10 Å². The van der Waals surface area contributed by atoms with Crippen molar-refractivity contribution in [2.24, 2.45) is 0 Å². The molecule has 0 spiro atoms. The van der Waals surface area contributed by atoms with Gasteiger partial charge in [0.2, 0.25) is 5.82 Å². The van der Waals surface area contributed by atoms with Gasteiger partial charge in [-0.3, -0.25) is 4.79 Å². The molecule has 0 saturated heterocycles. The Balaban J connectivity index is 1.68. The summed E-state index contributed by atoms with van der Waals surface area (Å²) in [6, 6.07) is 12.5. The van der Waals surface area contributed by atoms with Crippen molar-refractivity contribution < 1.29 is 18.9 Å². The van der Waals surface area contributed by atoms with Crippen LogP contribution in [0.1, 0.15) is 26.3 Å². The number of carbonyl (C=O) groups is 1. The molecule has 3 aromatic rings. The van der Waals surface area contributed by atoms with Gasteiger partial charge in [0, 0.05) is 10.6 Å². The summed E-state index contributed by atoms with van der Waals surface area (Å²) in [6.45, 7) is 7.42. The van der Waals surface area contributed by atoms with Crippen molar-refractivity contribution in [3.05, 3.63) is 53.1 Å². The summed E-state index contributed by atoms with van der Waals surface area (Å²) >= 11 is 6.02. The zero-order chi connectivity index (χ0) is 21.0. The molecule has 0 aliphatic heterocycles. The van der Waals surface area contributed by atoms with Gasteiger partial charge in [-0.2, -0.15) is 0 Å². The summed E-state index contributed by atoms with van der Waals surface area (Å²) in [6.07, 6.45) is -0.683. The fourth-order valence-electron chi connectivity index (χ4n) is 2.59. The smallest absolute Gasteiger partial charge is 0.266 e. The van der Waals surface area contributed by atoms with Gasteiger partial charge >= 0.3 is 0 Å². The first kappa shape index (κ1) is 20.7. The molecule has 1 N–H and O–H groups in total. The molecule has 0 unspecified atom stereocenters. The van der Waals surface area contributed by atoms with Crippen LogP contribution in [-0.2, 0) is 4.79 Å². The van der Waals surface area contributed by atoms with E-state index in [2.05, 4.69) is 15.6 Å². The van der Waals surface area contributed by atoms with Crippen LogP contribution in [0.5, 0.6) is 11.5 Å². The first-order valence-corrected chi connectivity index (χ1v) is 9.54. The van der Waals surface area contributed by atoms with E-state index in [1.54, 1.807) is 25.1 Å². The molecule has 0 fully saturated rings. The summed E-state index contributed by atoms with van der Waals surface area (Å²) in [4.78, 5) is 12.5. The number of ether oxygens (including phenoxy) is 2. The van der Waals surface area contributed by atoms with Gasteiger partial charge in [-0.25, -0.2) is 4.63 Å². The number of carbonyl (C=O) groups excluding carboxylic acids is 1. The van der Waals surface area contributed by atoms with Crippen LogP contribution in [0.3, 0.4) is 0 Å². The fraction of sp³-hybridized carbons (Fsp3) is 0.286. The molecule has 0 aliphatic rings. The minimum Gasteiger partial charge on any atom is -0.491 e. The highest BCUT2D eigenvalue weighted by molar-refractivity contribution is 6.31. The predicted octanol–water partition coefficient (Wildman–Crippen LogP) is 4.89. The highest BCUT2D eigenvalue weighted by atomic mass is 35.5. The molecule has 0 saturated carbocycles. The number of anilines is 1. The molecule has 0 aliphatic carbocycles. The molecular weight excluding hydrogens is 394 g/mol. The molecule has 1 heterocycles. The molecule has 8 heteroatoms. The molecule has 0 radical (unpaired) electrons. The Kier molecular flexibility index (Phi) is 6.39. The molecule has 3 rings (SSSR count). The number of rotatable bonds is 7. The van der Waals surface area contributed by atoms with Gasteiger partial charge < -0.3 is 14.8 Å². The Morgan fingerprint density at radius 1 is 1.03 bits per heavy atom. The second-order valence-corrected chi connectivity index (χ2v) is 7.22. The van der Waals surface area contributed by atoms with Crippen molar-refractivity contribution in [3.63, 3.8) is 0 Å². The average molecular weight is 416 g/mol. The van der Waals surface area contributed by atoms with Gasteiger partial charge in [-0.1, -0.05) is 11.6 Å². The largest absolute Gasteiger partial charge is 0.491 e. The van der Waals surface area contributed by atoms with Crippen LogP contribution in [0.2, 0.25) is 5.02 Å². The molecule has 152 valence electrons. The number of benzene rings is 2. The topological polar surface area (TPSA) is 86.5 Å². The van der Waals surface area contributed by atoms with Gasteiger partial charge in [0.15, 0.2) is 11.8 Å². The van der Waals surface area contributed by atoms with Gasteiger partial charge in [0.1, 0.15) is 11.5 Å². The van der Waals surface area contributed by atoms with Gasteiger partial charge in [-0.15, -0.1) is 0 Å². The minimum absolute atomic E-state index is 0.0790. The van der Waals surface area contributed by atoms with E-state index in [4.69, 9.17) is 25.7 Å². The third-order valence-corrected chi connectivity index (χ3v) is 4.47. The van der Waals surface area contributed by atoms with E-state index >= 15 is 0 Å². The van der Waals surface area contributed by atoms with Crippen molar-refractivity contribution in [3.8, 4) is 22.8 Å². The summed E-state index contributed by atoms with van der Waals surface area (Å²) in [5.74, 6) is 1.13. The maximum absolute atomic E-state index is 12.5. The highest BCUT2D eigenvalue weighted by Gasteiger charge is 2.20. The Labute approximate surface area is 173 Å². The van der Waals surface area contributed by atoms with Crippen molar-refractivity contribution in [2.75, 3.05) is 5.32 Å². The van der Waals surface area contributed by atoms with Crippen molar-refractivity contribution in [1.82, 2.24) is 10.3 Å². The van der Waals surface area contributed by atoms with Crippen LogP contribution in [0.25, 0.3) is 11.3 Å². The third-order valence-electron chi connectivity index (χ3n) is 4.04. The van der Waals surface area contributed by atoms with E-state index in [1.165, 1.54) is 0 Å². The summed E-state index contributed by atoms with van der Waals surface area (Å²) in [7, 11) is 0. The standard InChI is InChI=1S/C21H22ClN3O4/c1-12(2)27-16-7-5-15(6-8-16)19-20(25-29-24-19)23-21(26)14(4)28-17-9-10-18(22)13(3)11-17/h5-12,14H,1-4H3,(H,23,25,26)/t14-/m1/s1. The average Bonchev–Trinajstić information content (AvgIpc) is 3.13. The monoisotopic (exact) mass is 415 g/mol. The Hall–Kier alpha value is -3.06. The number of hydrogen-bond donors (Lipinski definition) is 1. The third kappa shape index (κ3) is 5.26. The van der Waals surface area contributed by atoms with E-state index in [-0.39, 0.29) is 17.8 Å². The Morgan fingerprint density at radius 3 is 2.38 bits per heavy atom. The van der Waals surface area contributed by atoms with Crippen molar-refractivity contribution >= 4 is 23.3 Å². The first-order chi connectivity index (χ1) is 13.8. The zero-order valence-corrected chi connectivity index (χ0v) is 17.4. The second-order valence-electron chi connectivity index (χ2n) is 6.81. The number of amides is 1. The summed E-state index contributed by atoms with van der Waals surface area (Å²) < 4.78 is 16.1. The lowest BCUT2D eigenvalue weighted by molar-refractivity contribution is -0.122. The van der Waals surface area contributed by atoms with Crippen LogP contribution in [0.15, 0.2) is 47.1 Å². The normalized spacial score (nSPS) is 11.9. The number of aromatic nitrogens is 2. The number of halogens is 1. The van der Waals surface area contributed by atoms with Crippen molar-refractivity contribution in [1.29, 1.82) is 0 Å². The zero-order valence-electron chi connectivity index (χ0n) is 16.6. The van der Waals surface area contributed by atoms with E-state index < -0.39 is 6.10 Å². The summed E-state index contributed by atoms with van der Waals surface area (Å²) in [5, 5.41) is 11.0. The number of nitrogens with zero attached hydrogens (tertiary/aromatic N) is 2. The van der Waals surface area contributed by atoms with E-state index in [9.17, 15) is 4.79 Å². The van der Waals surface area contributed by atoms with Crippen LogP contribution in [0, 0.1) is 6.92 Å². The lowest BCUT2D eigenvalue weighted by atomic mass is 10.1. The lowest BCUT2D eigenvalue weighted by Gasteiger charge is -2.14. The first-order valence-electron chi connectivity index (χ1n) is 9.17. The number of aryl methyl sites for hydroxylation is 1. The maximum Gasteiger partial charge on any atom is 0.266 e. The predicted molar refractivity (Wildman–Crippen MR) is 110 cm³/mol. The molecule has 7 nitrogen and oxygen atoms in total. The van der Waals surface area contributed by atoms with E-state index in [0.29, 0.717) is 16.5 Å². The van der Waals surface area contributed by atoms with Gasteiger partial charge in [-0.05, 0) is 86.0 Å². The Morgan fingerprint density at radius 2 is 1.72 bits per heavy atom. The molecule has 1 aromatic heterocycles. The molecular formula is C21H22ClN3O4. The second kappa shape index (κ2) is 8.96. The molecule has 2 aromatic carbocycles. The summed E-state index contributed by atoms with van der Waals surface area (Å²) in [5.41, 5.74) is 2.02. The fourth-order valence-corrected chi connectivity index (χ4v) is 2.71. The quantitative estimate of drug-likeness (QED) is 0.591. The van der Waals surface area contributed by atoms with Gasteiger partial charge in [0.25, 0.3) is 5.91 Å². The number of hydrogen-bond acceptors (Lipinski definition) is 6. The Bertz CT molecular complexity index is 986. The molecule has 29 heavy (non-hydrogen) atoms. The minimum atomic E-state index is -0.762. The lowest BCUT2D eigenvalue weighted by Crippen LogP contribution is -2.30. The highest BCUT2D eigenvalue weighted by Crippen LogP contribution is 2.27. The maximum atomic E-state index is 12.5. The van der Waals surface area contributed by atoms with Crippen LogP contribution in [0.4, 0.5) is 5.82 Å². The molecule has 0 bridgehead atoms.